The number of rotatable bonds is 2. The van der Waals surface area contributed by atoms with E-state index in [1.165, 1.54) is 0 Å². The molecule has 25 heavy (non-hydrogen) atoms. The number of aromatic hydroxyl groups is 1. The second kappa shape index (κ2) is 5.92. The Balaban J connectivity index is 2.04. The fraction of sp³-hybridized carbons (Fsp3) is 0. The second-order valence-electron chi connectivity index (χ2n) is 5.45. The van der Waals surface area contributed by atoms with Crippen LogP contribution in [0.1, 0.15) is 0 Å². The van der Waals surface area contributed by atoms with Crippen molar-refractivity contribution in [3.8, 4) is 28.3 Å². The topological polar surface area (TPSA) is 99.1 Å². The smallest absolute Gasteiger partial charge is 0.349 e. The first-order valence-electron chi connectivity index (χ1n) is 7.38. The Morgan fingerprint density at radius 2 is 1.60 bits per heavy atom. The van der Waals surface area contributed by atoms with Gasteiger partial charge >= 0.3 is 11.3 Å². The van der Waals surface area contributed by atoms with Gasteiger partial charge in [0.1, 0.15) is 16.9 Å². The molecule has 0 radical (unpaired) electrons. The lowest BCUT2D eigenvalue weighted by Crippen LogP contribution is -2.06. The summed E-state index contributed by atoms with van der Waals surface area (Å²) in [6, 6.07) is 14.1. The molecule has 4 rings (SSSR count). The number of H-pyrrole nitrogens is 2. The number of hydrogen-bond donors (Lipinski definition) is 3. The van der Waals surface area contributed by atoms with E-state index in [9.17, 15) is 14.7 Å². The van der Waals surface area contributed by atoms with Crippen molar-refractivity contribution >= 4 is 33.6 Å². The van der Waals surface area contributed by atoms with Crippen molar-refractivity contribution in [1.29, 1.82) is 0 Å². The van der Waals surface area contributed by atoms with Crippen molar-refractivity contribution in [3.05, 3.63) is 73.0 Å². The SMILES string of the molecule is O=c1[nH]c(-c2ccc(I)cc2)c(-c2c(O)c3ccccc3oc2=O)[nH]1. The molecule has 4 aromatic rings. The molecule has 0 bridgehead atoms. The van der Waals surface area contributed by atoms with Crippen LogP contribution in [0.15, 0.2) is 62.5 Å². The summed E-state index contributed by atoms with van der Waals surface area (Å²) >= 11 is 2.18. The second-order valence-corrected chi connectivity index (χ2v) is 6.69. The minimum atomic E-state index is -0.724. The molecule has 0 fully saturated rings. The molecule has 0 aliphatic carbocycles. The van der Waals surface area contributed by atoms with E-state index in [1.54, 1.807) is 24.3 Å². The number of benzene rings is 2. The maximum atomic E-state index is 12.4. The zero-order chi connectivity index (χ0) is 17.6. The van der Waals surface area contributed by atoms with E-state index in [2.05, 4.69) is 32.6 Å². The van der Waals surface area contributed by atoms with E-state index in [1.807, 2.05) is 24.3 Å². The number of halogens is 1. The van der Waals surface area contributed by atoms with Crippen molar-refractivity contribution < 1.29 is 9.52 Å². The number of aromatic amines is 2. The zero-order valence-corrected chi connectivity index (χ0v) is 14.8. The molecule has 2 aromatic heterocycles. The van der Waals surface area contributed by atoms with Gasteiger partial charge < -0.3 is 19.5 Å². The number of para-hydroxylation sites is 1. The zero-order valence-electron chi connectivity index (χ0n) is 12.7. The van der Waals surface area contributed by atoms with Crippen molar-refractivity contribution in [2.75, 3.05) is 0 Å². The van der Waals surface area contributed by atoms with Gasteiger partial charge in [-0.3, -0.25) is 0 Å². The molecular weight excluding hydrogens is 435 g/mol. The molecule has 0 unspecified atom stereocenters. The third-order valence-electron chi connectivity index (χ3n) is 3.90. The van der Waals surface area contributed by atoms with E-state index in [-0.39, 0.29) is 22.6 Å². The molecule has 3 N–H and O–H groups in total. The van der Waals surface area contributed by atoms with Crippen molar-refractivity contribution in [1.82, 2.24) is 9.97 Å². The Kier molecular flexibility index (Phi) is 3.72. The van der Waals surface area contributed by atoms with Crippen LogP contribution in [0, 0.1) is 3.57 Å². The average Bonchev–Trinajstić information content (AvgIpc) is 2.97. The monoisotopic (exact) mass is 446 g/mol. The van der Waals surface area contributed by atoms with Gasteiger partial charge in [0.25, 0.3) is 0 Å². The van der Waals surface area contributed by atoms with Crippen LogP contribution in [0.25, 0.3) is 33.5 Å². The molecule has 7 heteroatoms. The van der Waals surface area contributed by atoms with Crippen LogP contribution in [0.4, 0.5) is 0 Å². The highest BCUT2D eigenvalue weighted by Crippen LogP contribution is 2.35. The van der Waals surface area contributed by atoms with Gasteiger partial charge in [0.05, 0.1) is 16.8 Å². The lowest BCUT2D eigenvalue weighted by molar-refractivity contribution is 0.471. The summed E-state index contributed by atoms with van der Waals surface area (Å²) in [6.45, 7) is 0. The molecule has 0 atom stereocenters. The van der Waals surface area contributed by atoms with Crippen molar-refractivity contribution in [3.63, 3.8) is 0 Å². The lowest BCUT2D eigenvalue weighted by atomic mass is 10.0. The van der Waals surface area contributed by atoms with Gasteiger partial charge in [-0.15, -0.1) is 0 Å². The largest absolute Gasteiger partial charge is 0.506 e. The Morgan fingerprint density at radius 1 is 0.920 bits per heavy atom. The first-order chi connectivity index (χ1) is 12.0. The van der Waals surface area contributed by atoms with Crippen LogP contribution in [0.3, 0.4) is 0 Å². The molecule has 6 nitrogen and oxygen atoms in total. The van der Waals surface area contributed by atoms with Crippen molar-refractivity contribution in [2.24, 2.45) is 0 Å². The van der Waals surface area contributed by atoms with Crippen molar-refractivity contribution in [2.45, 2.75) is 0 Å². The minimum Gasteiger partial charge on any atom is -0.506 e. The summed E-state index contributed by atoms with van der Waals surface area (Å²) in [5, 5.41) is 11.0. The number of fused-ring (bicyclic) bond motifs is 1. The summed E-state index contributed by atoms with van der Waals surface area (Å²) in [7, 11) is 0. The number of nitrogens with one attached hydrogen (secondary N) is 2. The highest BCUT2D eigenvalue weighted by atomic mass is 127. The first-order valence-corrected chi connectivity index (χ1v) is 8.46. The number of aromatic nitrogens is 2. The first kappa shape index (κ1) is 15.7. The van der Waals surface area contributed by atoms with Crippen LogP contribution in [-0.2, 0) is 0 Å². The summed E-state index contributed by atoms with van der Waals surface area (Å²) in [4.78, 5) is 29.6. The van der Waals surface area contributed by atoms with E-state index >= 15 is 0 Å². The van der Waals surface area contributed by atoms with Crippen LogP contribution < -0.4 is 11.3 Å². The Morgan fingerprint density at radius 3 is 2.36 bits per heavy atom. The number of imidazole rings is 1. The third kappa shape index (κ3) is 2.66. The maximum Gasteiger partial charge on any atom is 0.349 e. The van der Waals surface area contributed by atoms with Crippen LogP contribution in [-0.4, -0.2) is 15.1 Å². The van der Waals surface area contributed by atoms with Gasteiger partial charge in [-0.1, -0.05) is 24.3 Å². The van der Waals surface area contributed by atoms with Gasteiger partial charge in [-0.25, -0.2) is 9.59 Å². The standard InChI is InChI=1S/C18H11IN2O4/c19-10-7-5-9(6-8-10)14-15(21-18(24)20-14)13-16(22)11-3-1-2-4-12(11)25-17(13)23/h1-8,22H,(H2,20,21,24). The maximum absolute atomic E-state index is 12.4. The van der Waals surface area contributed by atoms with E-state index < -0.39 is 11.3 Å². The lowest BCUT2D eigenvalue weighted by Gasteiger charge is -2.07. The quantitative estimate of drug-likeness (QED) is 0.325. The van der Waals surface area contributed by atoms with Gasteiger partial charge in [0, 0.05) is 9.13 Å². The van der Waals surface area contributed by atoms with Gasteiger partial charge in [0.2, 0.25) is 0 Å². The normalized spacial score (nSPS) is 11.1. The fourth-order valence-electron chi connectivity index (χ4n) is 2.76. The van der Waals surface area contributed by atoms with Crippen LogP contribution in [0.5, 0.6) is 5.75 Å². The van der Waals surface area contributed by atoms with E-state index in [0.29, 0.717) is 16.6 Å². The molecule has 0 amide bonds. The van der Waals surface area contributed by atoms with Crippen LogP contribution >= 0.6 is 22.6 Å². The van der Waals surface area contributed by atoms with Gasteiger partial charge in [0.15, 0.2) is 0 Å². The number of hydrogen-bond acceptors (Lipinski definition) is 4. The molecule has 0 aliphatic heterocycles. The third-order valence-corrected chi connectivity index (χ3v) is 4.61. The highest BCUT2D eigenvalue weighted by molar-refractivity contribution is 14.1. The predicted octanol–water partition coefficient (Wildman–Crippen LogP) is 3.45. The predicted molar refractivity (Wildman–Crippen MR) is 103 cm³/mol. The summed E-state index contributed by atoms with van der Waals surface area (Å²) in [5.74, 6) is -0.228. The summed E-state index contributed by atoms with van der Waals surface area (Å²) in [6.07, 6.45) is 0. The van der Waals surface area contributed by atoms with Gasteiger partial charge in [-0.05, 0) is 46.9 Å². The molecular formula is C18H11IN2O4. The molecule has 0 saturated carbocycles. The Labute approximate surface area is 154 Å². The van der Waals surface area contributed by atoms with E-state index in [0.717, 1.165) is 3.57 Å². The summed E-state index contributed by atoms with van der Waals surface area (Å²) < 4.78 is 6.33. The van der Waals surface area contributed by atoms with Crippen LogP contribution in [0.2, 0.25) is 0 Å². The van der Waals surface area contributed by atoms with Gasteiger partial charge in [-0.2, -0.15) is 0 Å². The molecule has 0 aliphatic rings. The molecule has 0 saturated heterocycles. The fourth-order valence-corrected chi connectivity index (χ4v) is 3.12. The average molecular weight is 446 g/mol. The molecule has 124 valence electrons. The highest BCUT2D eigenvalue weighted by Gasteiger charge is 2.21. The molecule has 2 aromatic carbocycles. The Hall–Kier alpha value is -2.81. The Bertz CT molecular complexity index is 1200. The molecule has 0 spiro atoms. The summed E-state index contributed by atoms with van der Waals surface area (Å²) in [5.41, 5.74) is 0.324. The van der Waals surface area contributed by atoms with E-state index in [4.69, 9.17) is 4.42 Å². The molecule has 2 heterocycles. The minimum absolute atomic E-state index is 0.0781.